The third-order valence-electron chi connectivity index (χ3n) is 2.53. The van der Waals surface area contributed by atoms with E-state index in [0.29, 0.717) is 10.8 Å². The average molecular weight is 322 g/mol. The Morgan fingerprint density at radius 2 is 1.95 bits per heavy atom. The molecule has 6 heteroatoms. The molecular formula is C15H18N2O2S2. The molecule has 21 heavy (non-hydrogen) atoms. The van der Waals surface area contributed by atoms with Gasteiger partial charge in [0.2, 0.25) is 0 Å². The second-order valence-corrected chi connectivity index (χ2v) is 6.07. The van der Waals surface area contributed by atoms with Gasteiger partial charge in [0.1, 0.15) is 24.0 Å². The molecule has 1 amide bonds. The molecule has 0 saturated heterocycles. The van der Waals surface area contributed by atoms with E-state index in [1.807, 2.05) is 55.8 Å². The molecule has 0 radical (unpaired) electrons. The lowest BCUT2D eigenvalue weighted by Crippen LogP contribution is -2.37. The van der Waals surface area contributed by atoms with Gasteiger partial charge < -0.3 is 10.1 Å². The van der Waals surface area contributed by atoms with Crippen molar-refractivity contribution in [2.24, 2.45) is 0 Å². The minimum Gasteiger partial charge on any atom is -0.491 e. The minimum absolute atomic E-state index is 0.154. The van der Waals surface area contributed by atoms with Crippen LogP contribution in [0.5, 0.6) is 5.75 Å². The number of carbonyl (C=O) groups excluding carboxylic acids is 1. The van der Waals surface area contributed by atoms with E-state index in [4.69, 9.17) is 10.00 Å². The van der Waals surface area contributed by atoms with Gasteiger partial charge in [0, 0.05) is 0 Å². The molecule has 1 aromatic rings. The van der Waals surface area contributed by atoms with Gasteiger partial charge in [-0.3, -0.25) is 4.79 Å². The van der Waals surface area contributed by atoms with Gasteiger partial charge in [0.25, 0.3) is 5.91 Å². The van der Waals surface area contributed by atoms with Crippen LogP contribution in [0.2, 0.25) is 0 Å². The van der Waals surface area contributed by atoms with Crippen LogP contribution in [0, 0.1) is 11.3 Å². The third-order valence-corrected chi connectivity index (χ3v) is 4.68. The summed E-state index contributed by atoms with van der Waals surface area (Å²) in [6.07, 6.45) is 3.69. The SMILES string of the molecule is CSC(SC)=C(C#N)C(=O)NC(C)COc1ccccc1. The number of thioether (sulfide) groups is 2. The third kappa shape index (κ3) is 5.74. The molecule has 1 rings (SSSR count). The molecule has 4 nitrogen and oxygen atoms in total. The van der Waals surface area contributed by atoms with Crippen molar-refractivity contribution in [1.82, 2.24) is 5.32 Å². The van der Waals surface area contributed by atoms with Crippen molar-refractivity contribution in [1.29, 1.82) is 5.26 Å². The maximum Gasteiger partial charge on any atom is 0.263 e. The van der Waals surface area contributed by atoms with E-state index in [9.17, 15) is 4.79 Å². The molecule has 0 aromatic heterocycles. The number of benzene rings is 1. The lowest BCUT2D eigenvalue weighted by molar-refractivity contribution is -0.117. The second-order valence-electron chi connectivity index (χ2n) is 4.18. The van der Waals surface area contributed by atoms with Crippen LogP contribution in [0.15, 0.2) is 40.1 Å². The Morgan fingerprint density at radius 3 is 2.48 bits per heavy atom. The fourth-order valence-corrected chi connectivity index (χ4v) is 2.90. The number of nitrogens with zero attached hydrogens (tertiary/aromatic N) is 1. The number of nitriles is 1. The second kappa shape index (κ2) is 9.37. The number of ether oxygens (including phenoxy) is 1. The van der Waals surface area contributed by atoms with E-state index in [-0.39, 0.29) is 17.5 Å². The van der Waals surface area contributed by atoms with Crippen LogP contribution in [0.25, 0.3) is 0 Å². The van der Waals surface area contributed by atoms with Crippen molar-refractivity contribution < 1.29 is 9.53 Å². The van der Waals surface area contributed by atoms with E-state index < -0.39 is 0 Å². The zero-order chi connectivity index (χ0) is 15.7. The number of rotatable bonds is 7. The zero-order valence-electron chi connectivity index (χ0n) is 12.3. The topological polar surface area (TPSA) is 62.1 Å². The Morgan fingerprint density at radius 1 is 1.33 bits per heavy atom. The highest BCUT2D eigenvalue weighted by Crippen LogP contribution is 2.27. The molecule has 1 aromatic carbocycles. The number of hydrogen-bond acceptors (Lipinski definition) is 5. The van der Waals surface area contributed by atoms with Gasteiger partial charge in [-0.05, 0) is 31.6 Å². The summed E-state index contributed by atoms with van der Waals surface area (Å²) in [6.45, 7) is 2.19. The van der Waals surface area contributed by atoms with E-state index in [2.05, 4.69) is 5.32 Å². The number of para-hydroxylation sites is 1. The molecule has 112 valence electrons. The van der Waals surface area contributed by atoms with Crippen LogP contribution in [-0.2, 0) is 4.79 Å². The Balaban J connectivity index is 2.58. The van der Waals surface area contributed by atoms with Crippen molar-refractivity contribution in [3.05, 3.63) is 40.1 Å². The van der Waals surface area contributed by atoms with Gasteiger partial charge in [-0.25, -0.2) is 0 Å². The smallest absolute Gasteiger partial charge is 0.263 e. The van der Waals surface area contributed by atoms with Crippen LogP contribution >= 0.6 is 23.5 Å². The van der Waals surface area contributed by atoms with Crippen LogP contribution in [-0.4, -0.2) is 31.1 Å². The maximum absolute atomic E-state index is 12.1. The van der Waals surface area contributed by atoms with Crippen molar-refractivity contribution >= 4 is 29.4 Å². The van der Waals surface area contributed by atoms with E-state index >= 15 is 0 Å². The Labute approximate surface area is 133 Å². The van der Waals surface area contributed by atoms with Gasteiger partial charge >= 0.3 is 0 Å². The van der Waals surface area contributed by atoms with E-state index in [0.717, 1.165) is 5.75 Å². The quantitative estimate of drug-likeness (QED) is 0.617. The lowest BCUT2D eigenvalue weighted by atomic mass is 10.2. The molecule has 0 aliphatic rings. The van der Waals surface area contributed by atoms with Crippen molar-refractivity contribution in [2.75, 3.05) is 19.1 Å². The molecule has 0 saturated carbocycles. The summed E-state index contributed by atoms with van der Waals surface area (Å²) in [5, 5.41) is 11.9. The van der Waals surface area contributed by atoms with E-state index in [1.165, 1.54) is 23.5 Å². The van der Waals surface area contributed by atoms with E-state index in [1.54, 1.807) is 0 Å². The molecule has 1 unspecified atom stereocenters. The molecule has 0 heterocycles. The van der Waals surface area contributed by atoms with Crippen molar-refractivity contribution in [2.45, 2.75) is 13.0 Å². The summed E-state index contributed by atoms with van der Waals surface area (Å²) in [5.41, 5.74) is 0.154. The maximum atomic E-state index is 12.1. The standard InChI is InChI=1S/C15H18N2O2S2/c1-11(10-19-12-7-5-4-6-8-12)17-14(18)13(9-16)15(20-2)21-3/h4-8,11H,10H2,1-3H3,(H,17,18). The summed E-state index contributed by atoms with van der Waals surface area (Å²) >= 11 is 2.79. The van der Waals surface area contributed by atoms with Crippen LogP contribution < -0.4 is 10.1 Å². The fourth-order valence-electron chi connectivity index (χ4n) is 1.55. The molecule has 0 aliphatic carbocycles. The first-order valence-corrected chi connectivity index (χ1v) is 8.78. The van der Waals surface area contributed by atoms with Crippen LogP contribution in [0.3, 0.4) is 0 Å². The molecule has 1 N–H and O–H groups in total. The Hall–Kier alpha value is -1.58. The van der Waals surface area contributed by atoms with Crippen LogP contribution in [0.1, 0.15) is 6.92 Å². The molecular weight excluding hydrogens is 304 g/mol. The summed E-state index contributed by atoms with van der Waals surface area (Å²) in [7, 11) is 0. The molecule has 1 atom stereocenters. The highest BCUT2D eigenvalue weighted by molar-refractivity contribution is 8.21. The lowest BCUT2D eigenvalue weighted by Gasteiger charge is -2.15. The predicted molar refractivity (Wildman–Crippen MR) is 89.2 cm³/mol. The largest absolute Gasteiger partial charge is 0.491 e. The van der Waals surface area contributed by atoms with Gasteiger partial charge in [-0.1, -0.05) is 18.2 Å². The van der Waals surface area contributed by atoms with Gasteiger partial charge in [0.05, 0.1) is 10.3 Å². The summed E-state index contributed by atoms with van der Waals surface area (Å²) in [4.78, 5) is 12.1. The Bertz CT molecular complexity index is 532. The number of nitrogens with one attached hydrogen (secondary N) is 1. The van der Waals surface area contributed by atoms with Crippen LogP contribution in [0.4, 0.5) is 0 Å². The van der Waals surface area contributed by atoms with Crippen molar-refractivity contribution in [3.63, 3.8) is 0 Å². The van der Waals surface area contributed by atoms with Gasteiger partial charge in [0.15, 0.2) is 0 Å². The predicted octanol–water partition coefficient (Wildman–Crippen LogP) is 3.03. The number of amides is 1. The summed E-state index contributed by atoms with van der Waals surface area (Å²) < 4.78 is 6.29. The molecule has 0 bridgehead atoms. The zero-order valence-corrected chi connectivity index (χ0v) is 13.9. The first-order valence-electron chi connectivity index (χ1n) is 6.33. The summed E-state index contributed by atoms with van der Waals surface area (Å²) in [6, 6.07) is 11.2. The summed E-state index contributed by atoms with van der Waals surface area (Å²) in [5.74, 6) is 0.393. The van der Waals surface area contributed by atoms with Gasteiger partial charge in [-0.15, -0.1) is 23.5 Å². The first kappa shape index (κ1) is 17.5. The highest BCUT2D eigenvalue weighted by Gasteiger charge is 2.17. The molecule has 0 fully saturated rings. The average Bonchev–Trinajstić information content (AvgIpc) is 2.51. The van der Waals surface area contributed by atoms with Gasteiger partial charge in [-0.2, -0.15) is 5.26 Å². The normalized spacial score (nSPS) is 11.1. The highest BCUT2D eigenvalue weighted by atomic mass is 32.2. The first-order chi connectivity index (χ1) is 10.1. The Kier molecular flexibility index (Phi) is 7.80. The minimum atomic E-state index is -0.361. The molecule has 0 spiro atoms. The fraction of sp³-hybridized carbons (Fsp3) is 0.333. The monoisotopic (exact) mass is 322 g/mol. The number of carbonyl (C=O) groups is 1. The van der Waals surface area contributed by atoms with Crippen molar-refractivity contribution in [3.8, 4) is 11.8 Å². The molecule has 0 aliphatic heterocycles. The number of hydrogen-bond donors (Lipinski definition) is 1.